The Kier molecular flexibility index (Phi) is 4.73. The van der Waals surface area contributed by atoms with E-state index in [1.807, 2.05) is 13.0 Å². The van der Waals surface area contributed by atoms with Gasteiger partial charge in [-0.3, -0.25) is 4.79 Å². The molecule has 17 heavy (non-hydrogen) atoms. The van der Waals surface area contributed by atoms with Crippen molar-refractivity contribution >= 4 is 11.9 Å². The molecule has 2 atom stereocenters. The van der Waals surface area contributed by atoms with Crippen LogP contribution in [0.1, 0.15) is 46.0 Å². The van der Waals surface area contributed by atoms with Crippen molar-refractivity contribution in [3.05, 3.63) is 12.2 Å². The quantitative estimate of drug-likeness (QED) is 0.722. The Balaban J connectivity index is 2.63. The van der Waals surface area contributed by atoms with Gasteiger partial charge in [-0.15, -0.1) is 0 Å². The number of carbonyl (C=O) groups is 2. The molecular formula is C13H21NO3. The van der Waals surface area contributed by atoms with Gasteiger partial charge in [0.15, 0.2) is 0 Å². The van der Waals surface area contributed by atoms with Crippen molar-refractivity contribution in [2.45, 2.75) is 51.5 Å². The number of aliphatic carboxylic acids is 1. The first-order chi connectivity index (χ1) is 7.99. The molecule has 1 aliphatic carbocycles. The average Bonchev–Trinajstić information content (AvgIpc) is 2.30. The maximum atomic E-state index is 12.0. The lowest BCUT2D eigenvalue weighted by Crippen LogP contribution is -2.53. The first-order valence-electron chi connectivity index (χ1n) is 6.20. The van der Waals surface area contributed by atoms with Crippen molar-refractivity contribution in [3.63, 3.8) is 0 Å². The van der Waals surface area contributed by atoms with Gasteiger partial charge in [-0.05, 0) is 32.6 Å². The summed E-state index contributed by atoms with van der Waals surface area (Å²) in [5.41, 5.74) is -1.13. The Labute approximate surface area is 102 Å². The van der Waals surface area contributed by atoms with Crippen LogP contribution in [0, 0.1) is 5.92 Å². The fourth-order valence-corrected chi connectivity index (χ4v) is 2.13. The largest absolute Gasteiger partial charge is 0.480 e. The molecule has 0 radical (unpaired) electrons. The van der Waals surface area contributed by atoms with Crippen molar-refractivity contribution in [2.24, 2.45) is 5.92 Å². The lowest BCUT2D eigenvalue weighted by atomic mass is 9.90. The summed E-state index contributed by atoms with van der Waals surface area (Å²) < 4.78 is 0. The molecule has 0 aromatic carbocycles. The van der Waals surface area contributed by atoms with E-state index in [0.717, 1.165) is 19.3 Å². The molecule has 0 spiro atoms. The zero-order valence-corrected chi connectivity index (χ0v) is 10.5. The topological polar surface area (TPSA) is 66.4 Å². The molecule has 0 aliphatic heterocycles. The number of carbonyl (C=O) groups excluding carboxylic acids is 1. The van der Waals surface area contributed by atoms with Crippen LogP contribution >= 0.6 is 0 Å². The van der Waals surface area contributed by atoms with Crippen molar-refractivity contribution < 1.29 is 14.7 Å². The third-order valence-corrected chi connectivity index (χ3v) is 3.26. The monoisotopic (exact) mass is 239 g/mol. The Morgan fingerprint density at radius 3 is 2.65 bits per heavy atom. The van der Waals surface area contributed by atoms with Gasteiger partial charge in [-0.1, -0.05) is 25.5 Å². The molecule has 96 valence electrons. The van der Waals surface area contributed by atoms with Gasteiger partial charge in [-0.25, -0.2) is 4.79 Å². The van der Waals surface area contributed by atoms with Crippen molar-refractivity contribution in [1.82, 2.24) is 5.32 Å². The zero-order valence-electron chi connectivity index (χ0n) is 10.5. The Hall–Kier alpha value is -1.32. The number of hydrogen-bond donors (Lipinski definition) is 2. The zero-order chi connectivity index (χ0) is 12.9. The third-order valence-electron chi connectivity index (χ3n) is 3.26. The number of amides is 1. The fourth-order valence-electron chi connectivity index (χ4n) is 2.13. The van der Waals surface area contributed by atoms with Gasteiger partial charge in [0, 0.05) is 5.92 Å². The van der Waals surface area contributed by atoms with E-state index in [4.69, 9.17) is 0 Å². The van der Waals surface area contributed by atoms with Gasteiger partial charge >= 0.3 is 5.97 Å². The first-order valence-corrected chi connectivity index (χ1v) is 6.20. The van der Waals surface area contributed by atoms with Crippen LogP contribution in [-0.4, -0.2) is 22.5 Å². The molecule has 1 aliphatic rings. The summed E-state index contributed by atoms with van der Waals surface area (Å²) in [5, 5.41) is 11.9. The van der Waals surface area contributed by atoms with E-state index in [1.165, 1.54) is 0 Å². The van der Waals surface area contributed by atoms with Crippen LogP contribution in [0.3, 0.4) is 0 Å². The van der Waals surface area contributed by atoms with Crippen LogP contribution in [0.15, 0.2) is 12.2 Å². The molecule has 0 fully saturated rings. The summed E-state index contributed by atoms with van der Waals surface area (Å²) >= 11 is 0. The van der Waals surface area contributed by atoms with Crippen molar-refractivity contribution in [2.75, 3.05) is 0 Å². The van der Waals surface area contributed by atoms with E-state index in [-0.39, 0.29) is 11.8 Å². The highest BCUT2D eigenvalue weighted by Gasteiger charge is 2.35. The maximum Gasteiger partial charge on any atom is 0.329 e. The minimum absolute atomic E-state index is 0.0736. The van der Waals surface area contributed by atoms with Crippen LogP contribution < -0.4 is 5.32 Å². The molecule has 0 aromatic rings. The van der Waals surface area contributed by atoms with E-state index in [0.29, 0.717) is 12.8 Å². The summed E-state index contributed by atoms with van der Waals surface area (Å²) in [5.74, 6) is -1.16. The Morgan fingerprint density at radius 1 is 1.47 bits per heavy atom. The summed E-state index contributed by atoms with van der Waals surface area (Å²) in [6.07, 6.45) is 7.66. The molecule has 1 rings (SSSR count). The highest BCUT2D eigenvalue weighted by Crippen LogP contribution is 2.20. The van der Waals surface area contributed by atoms with Crippen LogP contribution in [-0.2, 0) is 9.59 Å². The smallest absolute Gasteiger partial charge is 0.329 e. The average molecular weight is 239 g/mol. The molecule has 2 N–H and O–H groups in total. The second-order valence-electron chi connectivity index (χ2n) is 4.86. The molecule has 0 saturated heterocycles. The number of nitrogens with one attached hydrogen (secondary N) is 1. The van der Waals surface area contributed by atoms with Gasteiger partial charge < -0.3 is 10.4 Å². The van der Waals surface area contributed by atoms with Gasteiger partial charge in [0.25, 0.3) is 0 Å². The van der Waals surface area contributed by atoms with Crippen LogP contribution in [0.25, 0.3) is 0 Å². The minimum atomic E-state index is -1.13. The van der Waals surface area contributed by atoms with Gasteiger partial charge in [-0.2, -0.15) is 0 Å². The normalized spacial score (nSPS) is 22.8. The lowest BCUT2D eigenvalue weighted by Gasteiger charge is -2.28. The SMILES string of the molecule is CCCC(C)(NC(=O)C1CC=CCC1)C(=O)O. The van der Waals surface area contributed by atoms with E-state index >= 15 is 0 Å². The fraction of sp³-hybridized carbons (Fsp3) is 0.692. The van der Waals surface area contributed by atoms with Crippen molar-refractivity contribution in [3.8, 4) is 0 Å². The van der Waals surface area contributed by atoms with Gasteiger partial charge in [0.1, 0.15) is 5.54 Å². The minimum Gasteiger partial charge on any atom is -0.480 e. The molecule has 0 heterocycles. The molecule has 0 aromatic heterocycles. The number of allylic oxidation sites excluding steroid dienone is 2. The highest BCUT2D eigenvalue weighted by molar-refractivity contribution is 5.87. The molecular weight excluding hydrogens is 218 g/mol. The molecule has 0 bridgehead atoms. The Bertz CT molecular complexity index is 325. The Morgan fingerprint density at radius 2 is 2.18 bits per heavy atom. The summed E-state index contributed by atoms with van der Waals surface area (Å²) in [7, 11) is 0. The van der Waals surface area contributed by atoms with Crippen LogP contribution in [0.4, 0.5) is 0 Å². The molecule has 4 nitrogen and oxygen atoms in total. The maximum absolute atomic E-state index is 12.0. The van der Waals surface area contributed by atoms with E-state index in [2.05, 4.69) is 11.4 Å². The second kappa shape index (κ2) is 5.84. The van der Waals surface area contributed by atoms with E-state index in [9.17, 15) is 14.7 Å². The van der Waals surface area contributed by atoms with Gasteiger partial charge in [0.05, 0.1) is 0 Å². The number of rotatable bonds is 5. The predicted molar refractivity (Wildman–Crippen MR) is 65.6 cm³/mol. The third kappa shape index (κ3) is 3.58. The summed E-state index contributed by atoms with van der Waals surface area (Å²) in [6, 6.07) is 0. The lowest BCUT2D eigenvalue weighted by molar-refractivity contribution is -0.148. The first kappa shape index (κ1) is 13.7. The second-order valence-corrected chi connectivity index (χ2v) is 4.86. The standard InChI is InChI=1S/C13H21NO3/c1-3-9-13(2,12(16)17)14-11(15)10-7-5-4-6-8-10/h4-5,10H,3,6-9H2,1-2H3,(H,14,15)(H,16,17). The molecule has 2 unspecified atom stereocenters. The predicted octanol–water partition coefficient (Wildman–Crippen LogP) is 2.10. The van der Waals surface area contributed by atoms with Crippen molar-refractivity contribution in [1.29, 1.82) is 0 Å². The number of hydrogen-bond acceptors (Lipinski definition) is 2. The molecule has 4 heteroatoms. The summed E-state index contributed by atoms with van der Waals surface area (Å²) in [4.78, 5) is 23.2. The van der Waals surface area contributed by atoms with E-state index in [1.54, 1.807) is 6.92 Å². The van der Waals surface area contributed by atoms with Gasteiger partial charge in [0.2, 0.25) is 5.91 Å². The van der Waals surface area contributed by atoms with Crippen LogP contribution in [0.2, 0.25) is 0 Å². The highest BCUT2D eigenvalue weighted by atomic mass is 16.4. The molecule has 0 saturated carbocycles. The summed E-state index contributed by atoms with van der Waals surface area (Å²) in [6.45, 7) is 3.49. The van der Waals surface area contributed by atoms with Crippen LogP contribution in [0.5, 0.6) is 0 Å². The number of carboxylic acid groups (broad SMARTS) is 1. The molecule has 1 amide bonds. The number of carboxylic acids is 1. The van der Waals surface area contributed by atoms with E-state index < -0.39 is 11.5 Å².